The number of piperazine rings is 1. The molecule has 2 rings (SSSR count). The predicted molar refractivity (Wildman–Crippen MR) is 85.3 cm³/mol. The van der Waals surface area contributed by atoms with E-state index >= 15 is 0 Å². The zero-order valence-electron chi connectivity index (χ0n) is 10.3. The van der Waals surface area contributed by atoms with Crippen molar-refractivity contribution in [2.45, 2.75) is 17.9 Å². The summed E-state index contributed by atoms with van der Waals surface area (Å²) in [6.45, 7) is 3.80. The minimum absolute atomic E-state index is 0. The van der Waals surface area contributed by atoms with Gasteiger partial charge in [0.05, 0.1) is 4.90 Å². The van der Waals surface area contributed by atoms with Crippen LogP contribution in [-0.4, -0.2) is 38.4 Å². The second kappa shape index (κ2) is 6.87. The fourth-order valence-electron chi connectivity index (χ4n) is 1.99. The highest BCUT2D eigenvalue weighted by atomic mass is 79.9. The molecular weight excluding hydrogens is 419 g/mol. The van der Waals surface area contributed by atoms with Gasteiger partial charge in [0.2, 0.25) is 10.0 Å². The molecule has 0 saturated carbocycles. The molecule has 1 aliphatic rings. The van der Waals surface area contributed by atoms with E-state index in [4.69, 9.17) is 0 Å². The Kier molecular flexibility index (Phi) is 6.28. The molecule has 1 aromatic carbocycles. The Balaban J connectivity index is 0.00000180. The zero-order valence-corrected chi connectivity index (χ0v) is 15.1. The van der Waals surface area contributed by atoms with Crippen LogP contribution in [0.4, 0.5) is 0 Å². The SMILES string of the molecule is C[C@@H]1CNCCN1S(=O)(=O)c1ccc(Br)cc1Br.Cl. The first-order chi connectivity index (χ1) is 8.43. The number of benzene rings is 1. The van der Waals surface area contributed by atoms with Crippen molar-refractivity contribution in [3.05, 3.63) is 27.1 Å². The van der Waals surface area contributed by atoms with E-state index in [2.05, 4.69) is 37.2 Å². The number of hydrogen-bond acceptors (Lipinski definition) is 3. The summed E-state index contributed by atoms with van der Waals surface area (Å²) in [7, 11) is -3.43. The number of nitrogens with one attached hydrogen (secondary N) is 1. The van der Waals surface area contributed by atoms with Gasteiger partial charge < -0.3 is 5.32 Å². The smallest absolute Gasteiger partial charge is 0.244 e. The Labute approximate surface area is 136 Å². The van der Waals surface area contributed by atoms with Crippen LogP contribution in [-0.2, 0) is 10.0 Å². The van der Waals surface area contributed by atoms with Gasteiger partial charge in [-0.25, -0.2) is 8.42 Å². The molecule has 0 radical (unpaired) electrons. The lowest BCUT2D eigenvalue weighted by Crippen LogP contribution is -2.52. The fraction of sp³-hybridized carbons (Fsp3) is 0.455. The molecule has 0 aromatic heterocycles. The summed E-state index contributed by atoms with van der Waals surface area (Å²) in [5.41, 5.74) is 0. The van der Waals surface area contributed by atoms with E-state index < -0.39 is 10.0 Å². The molecule has 0 bridgehead atoms. The third kappa shape index (κ3) is 3.71. The first kappa shape index (κ1) is 17.4. The molecule has 19 heavy (non-hydrogen) atoms. The maximum Gasteiger partial charge on any atom is 0.244 e. The van der Waals surface area contributed by atoms with Crippen molar-refractivity contribution in [1.82, 2.24) is 9.62 Å². The van der Waals surface area contributed by atoms with E-state index in [1.165, 1.54) is 0 Å². The van der Waals surface area contributed by atoms with Gasteiger partial charge in [-0.15, -0.1) is 12.4 Å². The summed E-state index contributed by atoms with van der Waals surface area (Å²) in [6, 6.07) is 5.09. The van der Waals surface area contributed by atoms with Crippen molar-refractivity contribution in [1.29, 1.82) is 0 Å². The van der Waals surface area contributed by atoms with Crippen LogP contribution in [0.5, 0.6) is 0 Å². The van der Waals surface area contributed by atoms with Crippen molar-refractivity contribution in [3.8, 4) is 0 Å². The number of rotatable bonds is 2. The molecule has 4 nitrogen and oxygen atoms in total. The van der Waals surface area contributed by atoms with E-state index in [0.29, 0.717) is 29.0 Å². The molecule has 0 spiro atoms. The number of sulfonamides is 1. The number of hydrogen-bond donors (Lipinski definition) is 1. The summed E-state index contributed by atoms with van der Waals surface area (Å²) < 4.78 is 28.2. The average Bonchev–Trinajstić information content (AvgIpc) is 2.28. The van der Waals surface area contributed by atoms with Gasteiger partial charge in [0, 0.05) is 34.6 Å². The lowest BCUT2D eigenvalue weighted by molar-refractivity contribution is 0.283. The van der Waals surface area contributed by atoms with Crippen molar-refractivity contribution >= 4 is 54.3 Å². The zero-order chi connectivity index (χ0) is 13.3. The highest BCUT2D eigenvalue weighted by molar-refractivity contribution is 9.11. The Morgan fingerprint density at radius 1 is 1.37 bits per heavy atom. The molecule has 0 aliphatic carbocycles. The lowest BCUT2D eigenvalue weighted by Gasteiger charge is -2.33. The third-order valence-corrected chi connectivity index (χ3v) is 6.40. The van der Waals surface area contributed by atoms with Gasteiger partial charge in [-0.2, -0.15) is 4.31 Å². The highest BCUT2D eigenvalue weighted by Gasteiger charge is 2.32. The van der Waals surface area contributed by atoms with Gasteiger partial charge in [0.15, 0.2) is 0 Å². The molecule has 1 fully saturated rings. The summed E-state index contributed by atoms with van der Waals surface area (Å²) in [4.78, 5) is 0.319. The first-order valence-electron chi connectivity index (χ1n) is 5.60. The maximum absolute atomic E-state index is 12.6. The molecule has 1 heterocycles. The van der Waals surface area contributed by atoms with Crippen molar-refractivity contribution in [2.75, 3.05) is 19.6 Å². The maximum atomic E-state index is 12.6. The molecular formula is C11H15Br2ClN2O2S. The van der Waals surface area contributed by atoms with Crippen LogP contribution in [0.2, 0.25) is 0 Å². The monoisotopic (exact) mass is 432 g/mol. The minimum Gasteiger partial charge on any atom is -0.314 e. The van der Waals surface area contributed by atoms with E-state index in [0.717, 1.165) is 4.47 Å². The predicted octanol–water partition coefficient (Wildman–Crippen LogP) is 2.62. The Morgan fingerprint density at radius 3 is 2.63 bits per heavy atom. The van der Waals surface area contributed by atoms with E-state index in [-0.39, 0.29) is 18.4 Å². The van der Waals surface area contributed by atoms with E-state index in [1.807, 2.05) is 6.92 Å². The molecule has 1 saturated heterocycles. The van der Waals surface area contributed by atoms with Crippen LogP contribution in [0.15, 0.2) is 32.0 Å². The minimum atomic E-state index is -3.43. The lowest BCUT2D eigenvalue weighted by atomic mass is 10.3. The second-order valence-corrected chi connectivity index (χ2v) is 7.87. The molecule has 1 aromatic rings. The normalized spacial score (nSPS) is 20.9. The molecule has 0 unspecified atom stereocenters. The van der Waals surface area contributed by atoms with Gasteiger partial charge >= 0.3 is 0 Å². The van der Waals surface area contributed by atoms with Gasteiger partial charge in [-0.1, -0.05) is 15.9 Å². The fourth-order valence-corrected chi connectivity index (χ4v) is 5.33. The highest BCUT2D eigenvalue weighted by Crippen LogP contribution is 2.29. The van der Waals surface area contributed by atoms with Crippen LogP contribution >= 0.6 is 44.3 Å². The quantitative estimate of drug-likeness (QED) is 0.779. The average molecular weight is 435 g/mol. The summed E-state index contributed by atoms with van der Waals surface area (Å²) in [5.74, 6) is 0. The van der Waals surface area contributed by atoms with Crippen LogP contribution in [0.1, 0.15) is 6.92 Å². The number of nitrogens with zero attached hydrogens (tertiary/aromatic N) is 1. The van der Waals surface area contributed by atoms with Crippen LogP contribution in [0.25, 0.3) is 0 Å². The van der Waals surface area contributed by atoms with Crippen molar-refractivity contribution in [2.24, 2.45) is 0 Å². The molecule has 108 valence electrons. The third-order valence-electron chi connectivity index (χ3n) is 2.92. The Hall–Kier alpha value is 0.340. The van der Waals surface area contributed by atoms with Gasteiger partial charge in [0.25, 0.3) is 0 Å². The topological polar surface area (TPSA) is 49.4 Å². The van der Waals surface area contributed by atoms with Gasteiger partial charge in [-0.05, 0) is 41.1 Å². The Morgan fingerprint density at radius 2 is 2.05 bits per heavy atom. The second-order valence-electron chi connectivity index (χ2n) is 4.24. The molecule has 0 amide bonds. The standard InChI is InChI=1S/C11H14Br2N2O2S.ClH/c1-8-7-14-4-5-15(8)18(16,17)11-3-2-9(12)6-10(11)13;/h2-3,6,8,14H,4-5,7H2,1H3;1H/t8-;/m1./s1. The van der Waals surface area contributed by atoms with Gasteiger partial charge in [-0.3, -0.25) is 0 Å². The summed E-state index contributed by atoms with van der Waals surface area (Å²) in [6.07, 6.45) is 0. The number of halogens is 3. The molecule has 1 N–H and O–H groups in total. The molecule has 8 heteroatoms. The van der Waals surface area contributed by atoms with E-state index in [1.54, 1.807) is 22.5 Å². The Bertz CT molecular complexity index is 554. The van der Waals surface area contributed by atoms with Crippen LogP contribution in [0.3, 0.4) is 0 Å². The molecule has 1 aliphatic heterocycles. The first-order valence-corrected chi connectivity index (χ1v) is 8.63. The largest absolute Gasteiger partial charge is 0.314 e. The van der Waals surface area contributed by atoms with Crippen molar-refractivity contribution in [3.63, 3.8) is 0 Å². The van der Waals surface area contributed by atoms with Crippen LogP contribution in [0, 0.1) is 0 Å². The summed E-state index contributed by atoms with van der Waals surface area (Å²) >= 11 is 6.64. The molecule has 1 atom stereocenters. The van der Waals surface area contributed by atoms with Crippen LogP contribution < -0.4 is 5.32 Å². The summed E-state index contributed by atoms with van der Waals surface area (Å²) in [5, 5.41) is 3.19. The van der Waals surface area contributed by atoms with E-state index in [9.17, 15) is 8.42 Å². The van der Waals surface area contributed by atoms with Crippen molar-refractivity contribution < 1.29 is 8.42 Å². The van der Waals surface area contributed by atoms with Gasteiger partial charge in [0.1, 0.15) is 0 Å².